The Bertz CT molecular complexity index is 1020. The highest BCUT2D eigenvalue weighted by molar-refractivity contribution is 6.03. The zero-order valence-electron chi connectivity index (χ0n) is 15.0. The van der Waals surface area contributed by atoms with Crippen molar-refractivity contribution in [1.29, 1.82) is 0 Å². The number of aromatic nitrogens is 4. The Balaban J connectivity index is 1.55. The zero-order valence-corrected chi connectivity index (χ0v) is 15.0. The number of rotatable bonds is 7. The van der Waals surface area contributed by atoms with Gasteiger partial charge in [0, 0.05) is 43.8 Å². The highest BCUT2D eigenvalue weighted by atomic mass is 16.4. The molecule has 10 nitrogen and oxygen atoms in total. The molecular formula is C18H18N6O4. The van der Waals surface area contributed by atoms with E-state index in [1.54, 1.807) is 43.6 Å². The molecule has 0 aliphatic rings. The Kier molecular flexibility index (Phi) is 5.49. The van der Waals surface area contributed by atoms with Crippen molar-refractivity contribution in [2.45, 2.75) is 13.0 Å². The summed E-state index contributed by atoms with van der Waals surface area (Å²) in [5, 5.41) is 22.2. The van der Waals surface area contributed by atoms with Gasteiger partial charge in [-0.05, 0) is 24.3 Å². The number of benzene rings is 1. The van der Waals surface area contributed by atoms with E-state index in [-0.39, 0.29) is 36.0 Å². The molecule has 2 aromatic heterocycles. The Morgan fingerprint density at radius 2 is 1.89 bits per heavy atom. The molecule has 0 saturated carbocycles. The van der Waals surface area contributed by atoms with Crippen molar-refractivity contribution in [3.05, 3.63) is 60.2 Å². The fourth-order valence-corrected chi connectivity index (χ4v) is 2.44. The molecule has 2 heterocycles. The maximum absolute atomic E-state index is 12.1. The average molecular weight is 382 g/mol. The zero-order chi connectivity index (χ0) is 20.1. The van der Waals surface area contributed by atoms with Gasteiger partial charge in [-0.2, -0.15) is 10.2 Å². The second kappa shape index (κ2) is 8.16. The lowest BCUT2D eigenvalue weighted by Crippen LogP contribution is -2.16. The summed E-state index contributed by atoms with van der Waals surface area (Å²) in [6, 6.07) is 8.34. The van der Waals surface area contributed by atoms with Crippen molar-refractivity contribution in [2.24, 2.45) is 7.05 Å². The molecule has 3 rings (SSSR count). The molecule has 0 saturated heterocycles. The first-order chi connectivity index (χ1) is 13.4. The summed E-state index contributed by atoms with van der Waals surface area (Å²) >= 11 is 0. The SMILES string of the molecule is Cn1ccc(C(=O)Nc2cccc(NC(=O)CCn3cc(C(=O)O)cn3)c2)n1. The third-order valence-electron chi connectivity index (χ3n) is 3.80. The van der Waals surface area contributed by atoms with Gasteiger partial charge in [-0.1, -0.05) is 6.07 Å². The van der Waals surface area contributed by atoms with E-state index in [0.717, 1.165) is 0 Å². The van der Waals surface area contributed by atoms with Gasteiger partial charge in [-0.3, -0.25) is 19.0 Å². The number of aromatic carboxylic acids is 1. The van der Waals surface area contributed by atoms with Crippen LogP contribution in [-0.2, 0) is 18.4 Å². The first kappa shape index (κ1) is 18.8. The molecule has 0 bridgehead atoms. The number of nitrogens with zero attached hydrogens (tertiary/aromatic N) is 4. The lowest BCUT2D eigenvalue weighted by Gasteiger charge is -2.08. The minimum absolute atomic E-state index is 0.0664. The second-order valence-corrected chi connectivity index (χ2v) is 6.00. The molecule has 3 N–H and O–H groups in total. The number of carbonyl (C=O) groups is 3. The third-order valence-corrected chi connectivity index (χ3v) is 3.80. The lowest BCUT2D eigenvalue weighted by atomic mass is 10.2. The smallest absolute Gasteiger partial charge is 0.338 e. The molecule has 0 aliphatic heterocycles. The number of carboxylic acid groups (broad SMARTS) is 1. The molecule has 2 amide bonds. The number of anilines is 2. The van der Waals surface area contributed by atoms with E-state index in [4.69, 9.17) is 5.11 Å². The Morgan fingerprint density at radius 3 is 2.54 bits per heavy atom. The summed E-state index contributed by atoms with van der Waals surface area (Å²) in [4.78, 5) is 35.1. The summed E-state index contributed by atoms with van der Waals surface area (Å²) in [5.74, 6) is -1.68. The monoisotopic (exact) mass is 382 g/mol. The second-order valence-electron chi connectivity index (χ2n) is 6.00. The van der Waals surface area contributed by atoms with Crippen molar-refractivity contribution in [2.75, 3.05) is 10.6 Å². The van der Waals surface area contributed by atoms with Crippen LogP contribution in [-0.4, -0.2) is 42.5 Å². The van der Waals surface area contributed by atoms with Gasteiger partial charge in [0.05, 0.1) is 11.8 Å². The number of carboxylic acids is 1. The van der Waals surface area contributed by atoms with Crippen molar-refractivity contribution in [1.82, 2.24) is 19.6 Å². The summed E-state index contributed by atoms with van der Waals surface area (Å²) in [6.07, 6.45) is 4.38. The lowest BCUT2D eigenvalue weighted by molar-refractivity contribution is -0.116. The predicted octanol–water partition coefficient (Wildman–Crippen LogP) is 1.60. The van der Waals surface area contributed by atoms with E-state index < -0.39 is 5.97 Å². The van der Waals surface area contributed by atoms with Crippen molar-refractivity contribution in [3.8, 4) is 0 Å². The van der Waals surface area contributed by atoms with Crippen LogP contribution < -0.4 is 10.6 Å². The van der Waals surface area contributed by atoms with E-state index in [1.165, 1.54) is 21.8 Å². The molecule has 0 unspecified atom stereocenters. The first-order valence-corrected chi connectivity index (χ1v) is 8.37. The fraction of sp³-hybridized carbons (Fsp3) is 0.167. The summed E-state index contributed by atoms with van der Waals surface area (Å²) < 4.78 is 2.93. The molecule has 144 valence electrons. The van der Waals surface area contributed by atoms with E-state index >= 15 is 0 Å². The van der Waals surface area contributed by atoms with Crippen LogP contribution in [0.4, 0.5) is 11.4 Å². The number of hydrogen-bond acceptors (Lipinski definition) is 5. The molecule has 10 heteroatoms. The fourth-order valence-electron chi connectivity index (χ4n) is 2.44. The normalized spacial score (nSPS) is 10.5. The van der Waals surface area contributed by atoms with Crippen molar-refractivity contribution >= 4 is 29.2 Å². The van der Waals surface area contributed by atoms with Crippen LogP contribution >= 0.6 is 0 Å². The molecule has 0 radical (unpaired) electrons. The molecule has 3 aromatic rings. The summed E-state index contributed by atoms with van der Waals surface area (Å²) in [5.41, 5.74) is 1.40. The number of aryl methyl sites for hydroxylation is 2. The van der Waals surface area contributed by atoms with Gasteiger partial charge in [0.1, 0.15) is 0 Å². The Hall–Kier alpha value is -3.95. The molecule has 0 fully saturated rings. The number of amides is 2. The maximum Gasteiger partial charge on any atom is 0.338 e. The van der Waals surface area contributed by atoms with Crippen molar-refractivity contribution < 1.29 is 19.5 Å². The van der Waals surface area contributed by atoms with Crippen LogP contribution in [0.1, 0.15) is 27.3 Å². The van der Waals surface area contributed by atoms with Gasteiger partial charge >= 0.3 is 5.97 Å². The van der Waals surface area contributed by atoms with Gasteiger partial charge < -0.3 is 15.7 Å². The molecule has 28 heavy (non-hydrogen) atoms. The highest BCUT2D eigenvalue weighted by Gasteiger charge is 2.11. The van der Waals surface area contributed by atoms with Gasteiger partial charge in [0.15, 0.2) is 5.69 Å². The number of carbonyl (C=O) groups excluding carboxylic acids is 2. The quantitative estimate of drug-likeness (QED) is 0.569. The molecular weight excluding hydrogens is 364 g/mol. The van der Waals surface area contributed by atoms with Gasteiger partial charge in [-0.15, -0.1) is 0 Å². The van der Waals surface area contributed by atoms with E-state index in [9.17, 15) is 14.4 Å². The van der Waals surface area contributed by atoms with Crippen LogP contribution in [0.3, 0.4) is 0 Å². The Labute approximate surface area is 159 Å². The molecule has 1 aromatic carbocycles. The van der Waals surface area contributed by atoms with E-state index in [2.05, 4.69) is 20.8 Å². The highest BCUT2D eigenvalue weighted by Crippen LogP contribution is 2.16. The summed E-state index contributed by atoms with van der Waals surface area (Å²) in [7, 11) is 1.72. The number of nitrogens with one attached hydrogen (secondary N) is 2. The first-order valence-electron chi connectivity index (χ1n) is 8.37. The van der Waals surface area contributed by atoms with Crippen LogP contribution in [0.5, 0.6) is 0 Å². The average Bonchev–Trinajstić information content (AvgIpc) is 3.29. The van der Waals surface area contributed by atoms with Crippen LogP contribution in [0.15, 0.2) is 48.9 Å². The van der Waals surface area contributed by atoms with Crippen LogP contribution in [0.25, 0.3) is 0 Å². The molecule has 0 atom stereocenters. The molecule has 0 spiro atoms. The standard InChI is InChI=1S/C18H18N6O4/c1-23-7-5-15(22-23)17(26)21-14-4-2-3-13(9-14)20-16(25)6-8-24-11-12(10-19-24)18(27)28/h2-5,7,9-11H,6,8H2,1H3,(H,20,25)(H,21,26)(H,27,28). The minimum atomic E-state index is -1.07. The van der Waals surface area contributed by atoms with Gasteiger partial charge in [0.25, 0.3) is 5.91 Å². The van der Waals surface area contributed by atoms with Crippen molar-refractivity contribution in [3.63, 3.8) is 0 Å². The van der Waals surface area contributed by atoms with Gasteiger partial charge in [-0.25, -0.2) is 4.79 Å². The van der Waals surface area contributed by atoms with Crippen LogP contribution in [0.2, 0.25) is 0 Å². The van der Waals surface area contributed by atoms with E-state index in [1.807, 2.05) is 0 Å². The van der Waals surface area contributed by atoms with Crippen LogP contribution in [0, 0.1) is 0 Å². The largest absolute Gasteiger partial charge is 0.478 e. The number of hydrogen-bond donors (Lipinski definition) is 3. The molecule has 0 aliphatic carbocycles. The predicted molar refractivity (Wildman–Crippen MR) is 100 cm³/mol. The maximum atomic E-state index is 12.1. The third kappa shape index (κ3) is 4.81. The minimum Gasteiger partial charge on any atom is -0.478 e. The Morgan fingerprint density at radius 1 is 1.14 bits per heavy atom. The van der Waals surface area contributed by atoms with Gasteiger partial charge in [0.2, 0.25) is 5.91 Å². The summed E-state index contributed by atoms with van der Waals surface area (Å²) in [6.45, 7) is 0.245. The van der Waals surface area contributed by atoms with E-state index in [0.29, 0.717) is 11.4 Å². The topological polar surface area (TPSA) is 131 Å².